The Kier molecular flexibility index (Phi) is 7.91. The molecule has 0 saturated heterocycles. The highest BCUT2D eigenvalue weighted by Gasteiger charge is 2.10. The summed E-state index contributed by atoms with van der Waals surface area (Å²) in [5, 5.41) is 0. The third kappa shape index (κ3) is 6.77. The van der Waals surface area contributed by atoms with Crippen LogP contribution in [0, 0.1) is 0 Å². The molecule has 0 fully saturated rings. The van der Waals surface area contributed by atoms with Crippen molar-refractivity contribution in [2.45, 2.75) is 0 Å². The smallest absolute Gasteiger partial charge is 0.343 e. The Hall–Kier alpha value is -4.45. The molecule has 0 radical (unpaired) electrons. The monoisotopic (exact) mass is 442 g/mol. The number of hydrogen-bond donors (Lipinski definition) is 0. The van der Waals surface area contributed by atoms with Crippen molar-refractivity contribution in [3.63, 3.8) is 0 Å². The molecule has 3 rings (SSSR count). The van der Waals surface area contributed by atoms with Gasteiger partial charge in [-0.2, -0.15) is 0 Å². The molecule has 0 aliphatic heterocycles. The van der Waals surface area contributed by atoms with Gasteiger partial charge in [-0.25, -0.2) is 4.79 Å². The maximum Gasteiger partial charge on any atom is 0.343 e. The molecule has 6 nitrogen and oxygen atoms in total. The third-order valence-corrected chi connectivity index (χ3v) is 4.56. The van der Waals surface area contributed by atoms with Gasteiger partial charge in [0.1, 0.15) is 17.2 Å². The SMILES string of the molecule is C=CC(=O)COc1ccc(C(=O)Oc2ccc(-c3ccc(OCC(=O)C=C)cc3)cc2)cc1. The van der Waals surface area contributed by atoms with Crippen molar-refractivity contribution >= 4 is 17.5 Å². The number of carbonyl (C=O) groups is 3. The van der Waals surface area contributed by atoms with Crippen LogP contribution in [0.15, 0.2) is 98.1 Å². The zero-order valence-electron chi connectivity index (χ0n) is 17.9. The summed E-state index contributed by atoms with van der Waals surface area (Å²) >= 11 is 0. The highest BCUT2D eigenvalue weighted by Crippen LogP contribution is 2.25. The lowest BCUT2D eigenvalue weighted by Crippen LogP contribution is -2.09. The number of esters is 1. The van der Waals surface area contributed by atoms with E-state index >= 15 is 0 Å². The predicted molar refractivity (Wildman–Crippen MR) is 125 cm³/mol. The first-order chi connectivity index (χ1) is 16.0. The minimum absolute atomic E-state index is 0.0480. The van der Waals surface area contributed by atoms with Crippen LogP contribution >= 0.6 is 0 Å². The Bertz CT molecular complexity index is 1140. The molecule has 3 aromatic carbocycles. The van der Waals surface area contributed by atoms with Crippen molar-refractivity contribution in [3.8, 4) is 28.4 Å². The molecule has 0 heterocycles. The molecular formula is C27H22O6. The zero-order valence-corrected chi connectivity index (χ0v) is 17.9. The molecular weight excluding hydrogens is 420 g/mol. The van der Waals surface area contributed by atoms with Gasteiger partial charge in [0.05, 0.1) is 5.56 Å². The van der Waals surface area contributed by atoms with E-state index in [4.69, 9.17) is 14.2 Å². The van der Waals surface area contributed by atoms with Crippen LogP contribution < -0.4 is 14.2 Å². The Morgan fingerprint density at radius 3 is 1.42 bits per heavy atom. The van der Waals surface area contributed by atoms with Crippen LogP contribution in [-0.2, 0) is 9.59 Å². The number of rotatable bonds is 11. The molecule has 0 saturated carbocycles. The fourth-order valence-corrected chi connectivity index (χ4v) is 2.74. The van der Waals surface area contributed by atoms with Gasteiger partial charge in [-0.3, -0.25) is 9.59 Å². The molecule has 0 spiro atoms. The van der Waals surface area contributed by atoms with Crippen molar-refractivity contribution in [1.82, 2.24) is 0 Å². The van der Waals surface area contributed by atoms with Crippen LogP contribution in [0.3, 0.4) is 0 Å². The van der Waals surface area contributed by atoms with Crippen molar-refractivity contribution < 1.29 is 28.6 Å². The predicted octanol–water partition coefficient (Wildman–Crippen LogP) is 4.84. The van der Waals surface area contributed by atoms with E-state index in [1.54, 1.807) is 48.5 Å². The van der Waals surface area contributed by atoms with Crippen LogP contribution in [0.4, 0.5) is 0 Å². The Balaban J connectivity index is 1.57. The molecule has 6 heteroatoms. The highest BCUT2D eigenvalue weighted by atomic mass is 16.5. The average Bonchev–Trinajstić information content (AvgIpc) is 2.86. The van der Waals surface area contributed by atoms with Crippen LogP contribution in [0.25, 0.3) is 11.1 Å². The van der Waals surface area contributed by atoms with E-state index in [-0.39, 0.29) is 24.8 Å². The van der Waals surface area contributed by atoms with Crippen LogP contribution in [0.5, 0.6) is 17.2 Å². The molecule has 0 aromatic heterocycles. The summed E-state index contributed by atoms with van der Waals surface area (Å²) in [6.45, 7) is 6.64. The van der Waals surface area contributed by atoms with Gasteiger partial charge in [0.25, 0.3) is 0 Å². The van der Waals surface area contributed by atoms with E-state index in [1.807, 2.05) is 24.3 Å². The summed E-state index contributed by atoms with van der Waals surface area (Å²) in [4.78, 5) is 34.9. The normalized spacial score (nSPS) is 10.1. The quantitative estimate of drug-likeness (QED) is 0.240. The molecule has 0 aliphatic carbocycles. The second-order valence-corrected chi connectivity index (χ2v) is 6.88. The summed E-state index contributed by atoms with van der Waals surface area (Å²) in [6.07, 6.45) is 2.41. The Morgan fingerprint density at radius 1 is 0.606 bits per heavy atom. The lowest BCUT2D eigenvalue weighted by atomic mass is 10.1. The van der Waals surface area contributed by atoms with E-state index < -0.39 is 5.97 Å². The van der Waals surface area contributed by atoms with Gasteiger partial charge >= 0.3 is 5.97 Å². The number of carbonyl (C=O) groups excluding carboxylic acids is 3. The minimum Gasteiger partial charge on any atom is -0.485 e. The number of benzene rings is 3. The Morgan fingerprint density at radius 2 is 1.00 bits per heavy atom. The second-order valence-electron chi connectivity index (χ2n) is 6.88. The second kappa shape index (κ2) is 11.2. The summed E-state index contributed by atoms with van der Waals surface area (Å²) < 4.78 is 16.1. The number of ketones is 2. The first-order valence-electron chi connectivity index (χ1n) is 10.1. The summed E-state index contributed by atoms with van der Waals surface area (Å²) in [5.41, 5.74) is 2.23. The zero-order chi connectivity index (χ0) is 23.6. The summed E-state index contributed by atoms with van der Waals surface area (Å²) in [6, 6.07) is 20.7. The van der Waals surface area contributed by atoms with Crippen LogP contribution in [0.1, 0.15) is 10.4 Å². The maximum atomic E-state index is 12.4. The highest BCUT2D eigenvalue weighted by molar-refractivity contribution is 5.92. The third-order valence-electron chi connectivity index (χ3n) is 4.56. The van der Waals surface area contributed by atoms with Crippen LogP contribution in [0.2, 0.25) is 0 Å². The van der Waals surface area contributed by atoms with E-state index in [0.29, 0.717) is 22.8 Å². The molecule has 0 unspecified atom stereocenters. The van der Waals surface area contributed by atoms with Crippen molar-refractivity contribution in [1.29, 1.82) is 0 Å². The fraction of sp³-hybridized carbons (Fsp3) is 0.0741. The van der Waals surface area contributed by atoms with E-state index in [9.17, 15) is 14.4 Å². The van der Waals surface area contributed by atoms with Gasteiger partial charge in [-0.05, 0) is 71.8 Å². The average molecular weight is 442 g/mol. The van der Waals surface area contributed by atoms with E-state index in [0.717, 1.165) is 11.1 Å². The van der Waals surface area contributed by atoms with Gasteiger partial charge in [-0.1, -0.05) is 37.4 Å². The van der Waals surface area contributed by atoms with Crippen molar-refractivity contribution in [2.24, 2.45) is 0 Å². The Labute approximate surface area is 191 Å². The van der Waals surface area contributed by atoms with Crippen molar-refractivity contribution in [2.75, 3.05) is 13.2 Å². The topological polar surface area (TPSA) is 78.9 Å². The lowest BCUT2D eigenvalue weighted by Gasteiger charge is -2.08. The molecule has 3 aromatic rings. The molecule has 0 bridgehead atoms. The summed E-state index contributed by atoms with van der Waals surface area (Å²) in [7, 11) is 0. The standard InChI is InChI=1S/C27H22O6/c1-3-22(28)17-31-24-11-5-19(6-12-24)20-7-15-26(16-8-20)33-27(30)21-9-13-25(14-10-21)32-18-23(29)4-2/h3-16H,1-2,17-18H2. The van der Waals surface area contributed by atoms with Gasteiger partial charge in [0.2, 0.25) is 0 Å². The van der Waals surface area contributed by atoms with Crippen LogP contribution in [-0.4, -0.2) is 30.7 Å². The molecule has 0 atom stereocenters. The van der Waals surface area contributed by atoms with Gasteiger partial charge in [-0.15, -0.1) is 0 Å². The molecule has 33 heavy (non-hydrogen) atoms. The van der Waals surface area contributed by atoms with E-state index in [1.165, 1.54) is 12.2 Å². The molecule has 0 N–H and O–H groups in total. The lowest BCUT2D eigenvalue weighted by molar-refractivity contribution is -0.117. The van der Waals surface area contributed by atoms with Crippen molar-refractivity contribution in [3.05, 3.63) is 104 Å². The molecule has 0 aliphatic rings. The van der Waals surface area contributed by atoms with E-state index in [2.05, 4.69) is 13.2 Å². The van der Waals surface area contributed by atoms with Gasteiger partial charge < -0.3 is 14.2 Å². The summed E-state index contributed by atoms with van der Waals surface area (Å²) in [5.74, 6) is 0.536. The number of hydrogen-bond acceptors (Lipinski definition) is 6. The largest absolute Gasteiger partial charge is 0.485 e. The molecule has 166 valence electrons. The first-order valence-corrected chi connectivity index (χ1v) is 10.1. The maximum absolute atomic E-state index is 12.4. The van der Waals surface area contributed by atoms with Gasteiger partial charge in [0, 0.05) is 0 Å². The number of ether oxygens (including phenoxy) is 3. The first kappa shape index (κ1) is 23.2. The molecule has 0 amide bonds. The minimum atomic E-state index is -0.507. The fourth-order valence-electron chi connectivity index (χ4n) is 2.74. The van der Waals surface area contributed by atoms with Gasteiger partial charge in [0.15, 0.2) is 24.8 Å².